The summed E-state index contributed by atoms with van der Waals surface area (Å²) in [7, 11) is 0. The fraction of sp³-hybridized carbons (Fsp3) is 0.571. The lowest BCUT2D eigenvalue weighted by atomic mass is 10.2. The zero-order valence-corrected chi connectivity index (χ0v) is 6.33. The Hall–Kier alpha value is -0.830. The minimum absolute atomic E-state index is 0.509. The highest BCUT2D eigenvalue weighted by molar-refractivity contribution is 4.74. The van der Waals surface area contributed by atoms with Crippen LogP contribution >= 0.6 is 0 Å². The molecule has 3 nitrogen and oxygen atoms in total. The van der Waals surface area contributed by atoms with E-state index in [1.54, 1.807) is 6.20 Å². The maximum absolute atomic E-state index is 3.98. The van der Waals surface area contributed by atoms with Crippen molar-refractivity contribution in [2.24, 2.45) is 0 Å². The smallest absolute Gasteiger partial charge is 0.102 e. The molecular weight excluding hydrogens is 126 g/mol. The van der Waals surface area contributed by atoms with Crippen molar-refractivity contribution >= 4 is 0 Å². The lowest BCUT2D eigenvalue weighted by Gasteiger charge is -2.04. The predicted octanol–water partition coefficient (Wildman–Crippen LogP) is -0.0964. The lowest BCUT2D eigenvalue weighted by molar-refractivity contribution is -0.423. The first-order chi connectivity index (χ1) is 4.83. The average Bonchev–Trinajstić information content (AvgIpc) is 2.40. The Balaban J connectivity index is 2.40. The number of hydrogen-bond donors (Lipinski definition) is 1. The molecule has 0 radical (unpaired) electrons. The van der Waals surface area contributed by atoms with E-state index in [2.05, 4.69) is 22.2 Å². The fourth-order valence-corrected chi connectivity index (χ4v) is 0.822. The molecule has 10 heavy (non-hydrogen) atoms. The SMILES string of the molecule is CC[C@H]([NH3+])Cn1ccnc1. The van der Waals surface area contributed by atoms with Gasteiger partial charge in [-0.2, -0.15) is 0 Å². The van der Waals surface area contributed by atoms with Gasteiger partial charge in [0.15, 0.2) is 0 Å². The molecule has 0 amide bonds. The first-order valence-electron chi connectivity index (χ1n) is 3.61. The first-order valence-corrected chi connectivity index (χ1v) is 3.61. The predicted molar refractivity (Wildman–Crippen MR) is 39.2 cm³/mol. The van der Waals surface area contributed by atoms with Gasteiger partial charge in [-0.1, -0.05) is 6.92 Å². The van der Waals surface area contributed by atoms with Crippen LogP contribution in [0.2, 0.25) is 0 Å². The highest BCUT2D eigenvalue weighted by Gasteiger charge is 2.01. The van der Waals surface area contributed by atoms with Crippen LogP contribution in [0.25, 0.3) is 0 Å². The number of aromatic nitrogens is 2. The van der Waals surface area contributed by atoms with Gasteiger partial charge in [-0.05, 0) is 6.42 Å². The molecule has 1 atom stereocenters. The van der Waals surface area contributed by atoms with Crippen LogP contribution < -0.4 is 5.73 Å². The van der Waals surface area contributed by atoms with Gasteiger partial charge < -0.3 is 10.3 Å². The van der Waals surface area contributed by atoms with Crippen LogP contribution in [0.1, 0.15) is 13.3 Å². The minimum Gasteiger partial charge on any atom is -0.354 e. The molecule has 0 bridgehead atoms. The summed E-state index contributed by atoms with van der Waals surface area (Å²) in [5.74, 6) is 0. The average molecular weight is 140 g/mol. The zero-order chi connectivity index (χ0) is 7.40. The van der Waals surface area contributed by atoms with Gasteiger partial charge in [0.2, 0.25) is 0 Å². The monoisotopic (exact) mass is 140 g/mol. The van der Waals surface area contributed by atoms with Crippen LogP contribution in [0.3, 0.4) is 0 Å². The van der Waals surface area contributed by atoms with Gasteiger partial charge in [-0.25, -0.2) is 4.98 Å². The Labute approximate surface area is 60.9 Å². The molecule has 0 aliphatic carbocycles. The van der Waals surface area contributed by atoms with E-state index in [0.717, 1.165) is 13.0 Å². The Bertz CT molecular complexity index is 169. The van der Waals surface area contributed by atoms with Crippen LogP contribution in [0, 0.1) is 0 Å². The van der Waals surface area contributed by atoms with E-state index in [1.807, 2.05) is 12.5 Å². The highest BCUT2D eigenvalue weighted by Crippen LogP contribution is 1.90. The van der Waals surface area contributed by atoms with E-state index in [4.69, 9.17) is 0 Å². The highest BCUT2D eigenvalue weighted by atomic mass is 15.0. The van der Waals surface area contributed by atoms with Crippen LogP contribution in [0.5, 0.6) is 0 Å². The molecule has 1 aromatic heterocycles. The van der Waals surface area contributed by atoms with Crippen LogP contribution in [-0.2, 0) is 6.54 Å². The van der Waals surface area contributed by atoms with Gasteiger partial charge >= 0.3 is 0 Å². The third kappa shape index (κ3) is 1.84. The molecule has 1 aromatic rings. The fourth-order valence-electron chi connectivity index (χ4n) is 0.822. The Morgan fingerprint density at radius 1 is 1.70 bits per heavy atom. The maximum atomic E-state index is 3.98. The van der Waals surface area contributed by atoms with Gasteiger partial charge in [0.1, 0.15) is 6.04 Å². The van der Waals surface area contributed by atoms with Gasteiger partial charge in [-0.15, -0.1) is 0 Å². The van der Waals surface area contributed by atoms with E-state index in [-0.39, 0.29) is 0 Å². The molecule has 0 saturated carbocycles. The molecule has 56 valence electrons. The second-order valence-electron chi connectivity index (χ2n) is 2.53. The summed E-state index contributed by atoms with van der Waals surface area (Å²) in [4.78, 5) is 3.94. The van der Waals surface area contributed by atoms with E-state index in [0.29, 0.717) is 6.04 Å². The van der Waals surface area contributed by atoms with E-state index < -0.39 is 0 Å². The molecule has 3 N–H and O–H groups in total. The Kier molecular flexibility index (Phi) is 2.45. The third-order valence-electron chi connectivity index (χ3n) is 1.61. The molecule has 1 rings (SSSR count). The Morgan fingerprint density at radius 3 is 3.00 bits per heavy atom. The summed E-state index contributed by atoms with van der Waals surface area (Å²) in [6, 6.07) is 0.509. The normalized spacial score (nSPS) is 13.4. The van der Waals surface area contributed by atoms with Crippen LogP contribution in [0.4, 0.5) is 0 Å². The summed E-state index contributed by atoms with van der Waals surface area (Å²) >= 11 is 0. The quantitative estimate of drug-likeness (QED) is 0.626. The number of quaternary nitrogens is 1. The standard InChI is InChI=1S/C7H13N3/c1-2-7(8)5-10-4-3-9-6-10/h3-4,6-7H,2,5,8H2,1H3/p+1/t7-/m0/s1. The van der Waals surface area contributed by atoms with Crippen molar-refractivity contribution in [1.82, 2.24) is 9.55 Å². The summed E-state index contributed by atoms with van der Waals surface area (Å²) in [6.07, 6.45) is 6.71. The second kappa shape index (κ2) is 3.37. The van der Waals surface area contributed by atoms with Gasteiger partial charge in [0.25, 0.3) is 0 Å². The summed E-state index contributed by atoms with van der Waals surface area (Å²) < 4.78 is 2.06. The second-order valence-corrected chi connectivity index (χ2v) is 2.53. The van der Waals surface area contributed by atoms with E-state index >= 15 is 0 Å². The van der Waals surface area contributed by atoms with Gasteiger partial charge in [-0.3, -0.25) is 0 Å². The van der Waals surface area contributed by atoms with E-state index in [9.17, 15) is 0 Å². The van der Waals surface area contributed by atoms with Gasteiger partial charge in [0.05, 0.1) is 12.9 Å². The Morgan fingerprint density at radius 2 is 2.50 bits per heavy atom. The molecule has 1 heterocycles. The molecule has 0 saturated heterocycles. The van der Waals surface area contributed by atoms with Gasteiger partial charge in [0, 0.05) is 12.4 Å². The van der Waals surface area contributed by atoms with Crippen molar-refractivity contribution < 1.29 is 5.73 Å². The van der Waals surface area contributed by atoms with Crippen molar-refractivity contribution in [3.8, 4) is 0 Å². The molecule has 3 heteroatoms. The van der Waals surface area contributed by atoms with Crippen molar-refractivity contribution in [3.05, 3.63) is 18.7 Å². The topological polar surface area (TPSA) is 45.5 Å². The van der Waals surface area contributed by atoms with Crippen LogP contribution in [0.15, 0.2) is 18.7 Å². The summed E-state index contributed by atoms with van der Waals surface area (Å²) in [6.45, 7) is 3.13. The maximum Gasteiger partial charge on any atom is 0.102 e. The molecule has 0 aliphatic heterocycles. The zero-order valence-electron chi connectivity index (χ0n) is 6.33. The number of imidazole rings is 1. The lowest BCUT2D eigenvalue weighted by Crippen LogP contribution is -2.62. The van der Waals surface area contributed by atoms with Crippen molar-refractivity contribution in [1.29, 1.82) is 0 Å². The molecule has 0 aromatic carbocycles. The van der Waals surface area contributed by atoms with Crippen LogP contribution in [-0.4, -0.2) is 15.6 Å². The largest absolute Gasteiger partial charge is 0.354 e. The summed E-state index contributed by atoms with van der Waals surface area (Å²) in [5, 5.41) is 0. The number of nitrogens with zero attached hydrogens (tertiary/aromatic N) is 2. The molecule has 0 aliphatic rings. The molecular formula is C7H14N3+. The molecule has 0 spiro atoms. The van der Waals surface area contributed by atoms with Crippen molar-refractivity contribution in [2.75, 3.05) is 0 Å². The minimum atomic E-state index is 0.509. The summed E-state index contributed by atoms with van der Waals surface area (Å²) in [5.41, 5.74) is 3.98. The number of hydrogen-bond acceptors (Lipinski definition) is 1. The third-order valence-corrected chi connectivity index (χ3v) is 1.61. The number of rotatable bonds is 3. The molecule has 0 unspecified atom stereocenters. The first kappa shape index (κ1) is 7.28. The van der Waals surface area contributed by atoms with E-state index in [1.165, 1.54) is 0 Å². The molecule has 0 fully saturated rings. The van der Waals surface area contributed by atoms with Crippen molar-refractivity contribution in [2.45, 2.75) is 25.9 Å². The van der Waals surface area contributed by atoms with Crippen molar-refractivity contribution in [3.63, 3.8) is 0 Å².